The van der Waals surface area contributed by atoms with E-state index in [4.69, 9.17) is 0 Å². The topological polar surface area (TPSA) is 46.2 Å². The van der Waals surface area contributed by atoms with Gasteiger partial charge >= 0.3 is 0 Å². The molecule has 1 aliphatic heterocycles. The Balaban J connectivity index is 2.60. The molecule has 0 aliphatic carbocycles. The zero-order valence-corrected chi connectivity index (χ0v) is 3.89. The van der Waals surface area contributed by atoms with Gasteiger partial charge in [0.15, 0.2) is 0 Å². The quantitative estimate of drug-likeness (QED) is 0.315. The van der Waals surface area contributed by atoms with Crippen LogP contribution in [0.2, 0.25) is 0 Å². The maximum absolute atomic E-state index is 10.1. The highest BCUT2D eigenvalue weighted by atomic mass is 16.2. The zero-order chi connectivity index (χ0) is 5.44. The van der Waals surface area contributed by atoms with E-state index in [1.807, 2.05) is 0 Å². The number of rotatable bonds is 0. The summed E-state index contributed by atoms with van der Waals surface area (Å²) in [5.41, 5.74) is 0. The van der Waals surface area contributed by atoms with Crippen molar-refractivity contribution in [3.8, 4) is 0 Å². The molecule has 0 spiro atoms. The van der Waals surface area contributed by atoms with Crippen molar-refractivity contribution in [2.75, 3.05) is 0 Å². The highest BCUT2D eigenvalue weighted by Gasteiger charge is 2.32. The average Bonchev–Trinajstić information content (AvgIpc) is 1.68. The molecular formula is C4H5NO2. The van der Waals surface area contributed by atoms with Gasteiger partial charge < -0.3 is 5.32 Å². The Bertz CT molecular complexity index is 130. The second kappa shape index (κ2) is 1.05. The first-order valence-electron chi connectivity index (χ1n) is 2.06. The summed E-state index contributed by atoms with van der Waals surface area (Å²) in [6.07, 6.45) is 0. The van der Waals surface area contributed by atoms with Gasteiger partial charge in [0, 0.05) is 0 Å². The number of carbonyl (C=O) groups excluding carboxylic acids is 2. The number of hydrogen-bond donors (Lipinski definition) is 1. The molecule has 1 heterocycles. The van der Waals surface area contributed by atoms with Crippen LogP contribution in [0.4, 0.5) is 0 Å². The summed E-state index contributed by atoms with van der Waals surface area (Å²) in [6, 6.07) is -0.229. The average molecular weight is 99.1 g/mol. The summed E-state index contributed by atoms with van der Waals surface area (Å²) in [5, 5.41) is 2.37. The number of amides is 1. The van der Waals surface area contributed by atoms with Gasteiger partial charge in [-0.1, -0.05) is 0 Å². The molecule has 1 amide bonds. The summed E-state index contributed by atoms with van der Waals surface area (Å²) < 4.78 is 0. The van der Waals surface area contributed by atoms with Gasteiger partial charge in [0.05, 0.1) is 6.04 Å². The van der Waals surface area contributed by atoms with Gasteiger partial charge in [0.2, 0.25) is 5.78 Å². The Morgan fingerprint density at radius 3 is 2.14 bits per heavy atom. The Labute approximate surface area is 40.7 Å². The van der Waals surface area contributed by atoms with Gasteiger partial charge in [-0.15, -0.1) is 0 Å². The third-order valence-electron chi connectivity index (χ3n) is 0.965. The Hall–Kier alpha value is -0.860. The van der Waals surface area contributed by atoms with Crippen LogP contribution in [0.3, 0.4) is 0 Å². The van der Waals surface area contributed by atoms with Gasteiger partial charge in [-0.05, 0) is 6.92 Å². The summed E-state index contributed by atoms with van der Waals surface area (Å²) >= 11 is 0. The SMILES string of the molecule is CC1NC(=O)C1=O. The first kappa shape index (κ1) is 4.30. The normalized spacial score (nSPS) is 29.0. The monoisotopic (exact) mass is 99.0 g/mol. The molecule has 1 aliphatic rings. The lowest BCUT2D eigenvalue weighted by atomic mass is 10.1. The largest absolute Gasteiger partial charge is 0.339 e. The van der Waals surface area contributed by atoms with Gasteiger partial charge in [0.25, 0.3) is 5.91 Å². The number of hydrogen-bond acceptors (Lipinski definition) is 2. The van der Waals surface area contributed by atoms with Crippen molar-refractivity contribution in [1.82, 2.24) is 5.32 Å². The Kier molecular flexibility index (Phi) is 0.648. The fourth-order valence-corrected chi connectivity index (χ4v) is 0.452. The van der Waals surface area contributed by atoms with Crippen LogP contribution < -0.4 is 5.32 Å². The number of ketones is 1. The van der Waals surface area contributed by atoms with E-state index < -0.39 is 5.91 Å². The molecule has 38 valence electrons. The molecule has 0 aromatic heterocycles. The summed E-state index contributed by atoms with van der Waals surface area (Å²) in [6.45, 7) is 1.66. The van der Waals surface area contributed by atoms with Crippen LogP contribution in [0.5, 0.6) is 0 Å². The van der Waals surface area contributed by atoms with Crippen molar-refractivity contribution in [2.24, 2.45) is 0 Å². The minimum Gasteiger partial charge on any atom is -0.339 e. The second-order valence-electron chi connectivity index (χ2n) is 1.56. The van der Waals surface area contributed by atoms with E-state index in [-0.39, 0.29) is 11.8 Å². The van der Waals surface area contributed by atoms with Gasteiger partial charge in [-0.3, -0.25) is 9.59 Å². The number of nitrogens with one attached hydrogen (secondary N) is 1. The first-order chi connectivity index (χ1) is 3.22. The molecular weight excluding hydrogens is 94.0 g/mol. The Morgan fingerprint density at radius 1 is 1.57 bits per heavy atom. The highest BCUT2D eigenvalue weighted by molar-refractivity contribution is 6.44. The van der Waals surface area contributed by atoms with E-state index in [0.717, 1.165) is 0 Å². The molecule has 0 saturated carbocycles. The minimum absolute atomic E-state index is 0.229. The summed E-state index contributed by atoms with van der Waals surface area (Å²) in [7, 11) is 0. The number of carbonyl (C=O) groups is 2. The lowest BCUT2D eigenvalue weighted by Crippen LogP contribution is -2.57. The van der Waals surface area contributed by atoms with Crippen LogP contribution in [-0.2, 0) is 9.59 Å². The van der Waals surface area contributed by atoms with Crippen LogP contribution in [-0.4, -0.2) is 17.7 Å². The fraction of sp³-hybridized carbons (Fsp3) is 0.500. The van der Waals surface area contributed by atoms with Gasteiger partial charge in [-0.2, -0.15) is 0 Å². The molecule has 1 fully saturated rings. The molecule has 3 heteroatoms. The summed E-state index contributed by atoms with van der Waals surface area (Å²) in [4.78, 5) is 20.1. The van der Waals surface area contributed by atoms with Crippen LogP contribution in [0, 0.1) is 0 Å². The minimum atomic E-state index is -0.451. The Morgan fingerprint density at radius 2 is 2.14 bits per heavy atom. The van der Waals surface area contributed by atoms with E-state index in [0.29, 0.717) is 0 Å². The van der Waals surface area contributed by atoms with Crippen molar-refractivity contribution in [1.29, 1.82) is 0 Å². The molecule has 1 atom stereocenters. The molecule has 3 nitrogen and oxygen atoms in total. The van der Waals surface area contributed by atoms with Gasteiger partial charge in [-0.25, -0.2) is 0 Å². The molecule has 0 radical (unpaired) electrons. The molecule has 1 rings (SSSR count). The molecule has 7 heavy (non-hydrogen) atoms. The van der Waals surface area contributed by atoms with Crippen molar-refractivity contribution in [3.05, 3.63) is 0 Å². The number of β-lactam (4-membered cyclic amide) rings is 1. The third-order valence-corrected chi connectivity index (χ3v) is 0.965. The third kappa shape index (κ3) is 0.408. The predicted molar refractivity (Wildman–Crippen MR) is 22.6 cm³/mol. The summed E-state index contributed by atoms with van der Waals surface area (Å²) in [5.74, 6) is -0.757. The van der Waals surface area contributed by atoms with E-state index in [1.165, 1.54) is 0 Å². The van der Waals surface area contributed by atoms with Crippen molar-refractivity contribution in [3.63, 3.8) is 0 Å². The van der Waals surface area contributed by atoms with E-state index in [2.05, 4.69) is 5.32 Å². The second-order valence-corrected chi connectivity index (χ2v) is 1.56. The van der Waals surface area contributed by atoms with Crippen LogP contribution in [0.25, 0.3) is 0 Å². The highest BCUT2D eigenvalue weighted by Crippen LogP contribution is 1.94. The van der Waals surface area contributed by atoms with Gasteiger partial charge in [0.1, 0.15) is 0 Å². The predicted octanol–water partition coefficient (Wildman–Crippen LogP) is -0.926. The van der Waals surface area contributed by atoms with Crippen molar-refractivity contribution < 1.29 is 9.59 Å². The van der Waals surface area contributed by atoms with E-state index >= 15 is 0 Å². The lowest BCUT2D eigenvalue weighted by Gasteiger charge is -2.19. The zero-order valence-electron chi connectivity index (χ0n) is 3.89. The molecule has 0 aromatic carbocycles. The van der Waals surface area contributed by atoms with Crippen molar-refractivity contribution in [2.45, 2.75) is 13.0 Å². The number of Topliss-reactive ketones (excluding diaryl/α,β-unsaturated/α-hetero) is 1. The fourth-order valence-electron chi connectivity index (χ4n) is 0.452. The molecule has 0 bridgehead atoms. The van der Waals surface area contributed by atoms with E-state index in [1.54, 1.807) is 6.92 Å². The molecule has 1 N–H and O–H groups in total. The first-order valence-corrected chi connectivity index (χ1v) is 2.06. The molecule has 1 saturated heterocycles. The van der Waals surface area contributed by atoms with Crippen LogP contribution in [0.15, 0.2) is 0 Å². The lowest BCUT2D eigenvalue weighted by molar-refractivity contribution is -0.146. The van der Waals surface area contributed by atoms with Crippen LogP contribution in [0.1, 0.15) is 6.92 Å². The molecule has 1 unspecified atom stereocenters. The molecule has 0 aromatic rings. The smallest absolute Gasteiger partial charge is 0.290 e. The van der Waals surface area contributed by atoms with Crippen molar-refractivity contribution >= 4 is 11.7 Å². The van der Waals surface area contributed by atoms with E-state index in [9.17, 15) is 9.59 Å². The maximum atomic E-state index is 10.1. The standard InChI is InChI=1S/C4H5NO2/c1-2-3(6)4(7)5-2/h2H,1H3,(H,5,7). The van der Waals surface area contributed by atoms with Crippen LogP contribution >= 0.6 is 0 Å². The maximum Gasteiger partial charge on any atom is 0.290 e.